The Morgan fingerprint density at radius 2 is 1.95 bits per heavy atom. The zero-order chi connectivity index (χ0) is 14.1. The number of rotatable bonds is 9. The van der Waals surface area contributed by atoms with Crippen LogP contribution >= 0.6 is 11.8 Å². The Morgan fingerprint density at radius 3 is 2.63 bits per heavy atom. The van der Waals surface area contributed by atoms with Crippen LogP contribution in [0.5, 0.6) is 5.75 Å². The minimum absolute atomic E-state index is 0.217. The summed E-state index contributed by atoms with van der Waals surface area (Å²) in [4.78, 5) is 0. The van der Waals surface area contributed by atoms with Crippen LogP contribution in [0.4, 0.5) is 0 Å². The molecule has 2 nitrogen and oxygen atoms in total. The summed E-state index contributed by atoms with van der Waals surface area (Å²) in [7, 11) is 0. The summed E-state index contributed by atoms with van der Waals surface area (Å²) < 4.78 is 5.87. The molecule has 1 N–H and O–H groups in total. The van der Waals surface area contributed by atoms with Gasteiger partial charge in [-0.05, 0) is 51.3 Å². The minimum atomic E-state index is 0.217. The van der Waals surface area contributed by atoms with Crippen molar-refractivity contribution in [2.45, 2.75) is 46.3 Å². The summed E-state index contributed by atoms with van der Waals surface area (Å²) in [6, 6.07) is 8.65. The van der Waals surface area contributed by atoms with Crippen molar-refractivity contribution in [3.63, 3.8) is 0 Å². The molecule has 1 unspecified atom stereocenters. The van der Waals surface area contributed by atoms with Gasteiger partial charge in [-0.25, -0.2) is 0 Å². The summed E-state index contributed by atoms with van der Waals surface area (Å²) in [6.45, 7) is 9.60. The van der Waals surface area contributed by atoms with E-state index in [0.29, 0.717) is 6.04 Å². The largest absolute Gasteiger partial charge is 0.491 e. The van der Waals surface area contributed by atoms with Gasteiger partial charge in [-0.1, -0.05) is 25.1 Å². The van der Waals surface area contributed by atoms with Gasteiger partial charge in [0, 0.05) is 11.6 Å². The molecule has 0 aliphatic heterocycles. The zero-order valence-electron chi connectivity index (χ0n) is 12.6. The number of benzene rings is 1. The third-order valence-corrected chi connectivity index (χ3v) is 3.85. The molecule has 0 heterocycles. The number of hydrogen-bond acceptors (Lipinski definition) is 3. The highest BCUT2D eigenvalue weighted by Crippen LogP contribution is 2.25. The molecule has 0 aliphatic rings. The van der Waals surface area contributed by atoms with E-state index in [1.807, 2.05) is 17.8 Å². The van der Waals surface area contributed by atoms with Gasteiger partial charge >= 0.3 is 0 Å². The Labute approximate surface area is 122 Å². The van der Waals surface area contributed by atoms with E-state index in [-0.39, 0.29) is 6.10 Å². The molecule has 108 valence electrons. The third-order valence-electron chi connectivity index (χ3n) is 2.87. The van der Waals surface area contributed by atoms with Crippen LogP contribution in [-0.4, -0.2) is 24.2 Å². The summed E-state index contributed by atoms with van der Waals surface area (Å²) in [5, 5.41) is 3.58. The van der Waals surface area contributed by atoms with Crippen LogP contribution in [0.25, 0.3) is 0 Å². The molecule has 1 rings (SSSR count). The van der Waals surface area contributed by atoms with Crippen LogP contribution in [0.1, 0.15) is 45.7 Å². The highest BCUT2D eigenvalue weighted by molar-refractivity contribution is 7.99. The fourth-order valence-corrected chi connectivity index (χ4v) is 2.58. The normalized spacial score (nSPS) is 12.7. The molecule has 1 aromatic carbocycles. The molecule has 0 aliphatic carbocycles. The number of nitrogens with one attached hydrogen (secondary N) is 1. The number of hydrogen-bond donors (Lipinski definition) is 1. The molecular weight excluding hydrogens is 254 g/mol. The van der Waals surface area contributed by atoms with E-state index >= 15 is 0 Å². The maximum absolute atomic E-state index is 5.87. The Bertz CT molecular complexity index is 354. The average Bonchev–Trinajstić information content (AvgIpc) is 2.38. The molecule has 0 spiro atoms. The maximum atomic E-state index is 5.87. The standard InChI is InChI=1S/C16H27NOS/c1-5-19-12-8-11-17-14(4)15-9-6-7-10-16(15)18-13(2)3/h6-7,9-10,13-14,17H,5,8,11-12H2,1-4H3. The van der Waals surface area contributed by atoms with E-state index < -0.39 is 0 Å². The summed E-state index contributed by atoms with van der Waals surface area (Å²) in [5.41, 5.74) is 1.25. The van der Waals surface area contributed by atoms with Crippen molar-refractivity contribution >= 4 is 11.8 Å². The van der Waals surface area contributed by atoms with Gasteiger partial charge in [0.05, 0.1) is 6.10 Å². The maximum Gasteiger partial charge on any atom is 0.124 e. The quantitative estimate of drug-likeness (QED) is 0.683. The SMILES string of the molecule is CCSCCCNC(C)c1ccccc1OC(C)C. The van der Waals surface area contributed by atoms with E-state index in [9.17, 15) is 0 Å². The van der Waals surface area contributed by atoms with Gasteiger partial charge in [0.15, 0.2) is 0 Å². The molecule has 3 heteroatoms. The van der Waals surface area contributed by atoms with Crippen molar-refractivity contribution in [2.24, 2.45) is 0 Å². The molecule has 1 atom stereocenters. The summed E-state index contributed by atoms with van der Waals surface area (Å²) in [5.74, 6) is 3.45. The number of thioether (sulfide) groups is 1. The smallest absolute Gasteiger partial charge is 0.124 e. The van der Waals surface area contributed by atoms with Gasteiger partial charge in [0.1, 0.15) is 5.75 Å². The Balaban J connectivity index is 2.48. The number of ether oxygens (including phenoxy) is 1. The van der Waals surface area contributed by atoms with Gasteiger partial charge in [0.25, 0.3) is 0 Å². The first-order valence-corrected chi connectivity index (χ1v) is 8.37. The second kappa shape index (κ2) is 9.27. The van der Waals surface area contributed by atoms with Crippen LogP contribution in [0.2, 0.25) is 0 Å². The highest BCUT2D eigenvalue weighted by atomic mass is 32.2. The monoisotopic (exact) mass is 281 g/mol. The van der Waals surface area contributed by atoms with Gasteiger partial charge < -0.3 is 10.1 Å². The van der Waals surface area contributed by atoms with Crippen LogP contribution < -0.4 is 10.1 Å². The van der Waals surface area contributed by atoms with Crippen molar-refractivity contribution in [2.75, 3.05) is 18.1 Å². The Hall–Kier alpha value is -0.670. The topological polar surface area (TPSA) is 21.3 Å². The van der Waals surface area contributed by atoms with E-state index in [0.717, 1.165) is 12.3 Å². The second-order valence-electron chi connectivity index (χ2n) is 4.93. The lowest BCUT2D eigenvalue weighted by Gasteiger charge is -2.19. The van der Waals surface area contributed by atoms with Crippen LogP contribution in [0, 0.1) is 0 Å². The third kappa shape index (κ3) is 6.35. The molecule has 19 heavy (non-hydrogen) atoms. The van der Waals surface area contributed by atoms with E-state index in [4.69, 9.17) is 4.74 Å². The van der Waals surface area contributed by atoms with Gasteiger partial charge in [-0.2, -0.15) is 11.8 Å². The van der Waals surface area contributed by atoms with Crippen molar-refractivity contribution in [3.05, 3.63) is 29.8 Å². The first-order valence-electron chi connectivity index (χ1n) is 7.21. The fourth-order valence-electron chi connectivity index (χ4n) is 1.95. The van der Waals surface area contributed by atoms with Crippen molar-refractivity contribution in [1.82, 2.24) is 5.32 Å². The van der Waals surface area contributed by atoms with E-state index in [2.05, 4.69) is 51.2 Å². The number of para-hydroxylation sites is 1. The molecule has 0 fully saturated rings. The Morgan fingerprint density at radius 1 is 1.21 bits per heavy atom. The second-order valence-corrected chi connectivity index (χ2v) is 6.32. The van der Waals surface area contributed by atoms with E-state index in [1.165, 1.54) is 23.5 Å². The molecule has 0 amide bonds. The molecule has 0 bridgehead atoms. The van der Waals surface area contributed by atoms with E-state index in [1.54, 1.807) is 0 Å². The molecular formula is C16H27NOS. The predicted octanol–water partition coefficient (Wildman–Crippen LogP) is 4.27. The van der Waals surface area contributed by atoms with Gasteiger partial charge in [-0.3, -0.25) is 0 Å². The average molecular weight is 281 g/mol. The molecule has 0 aromatic heterocycles. The van der Waals surface area contributed by atoms with Crippen LogP contribution in [-0.2, 0) is 0 Å². The lowest BCUT2D eigenvalue weighted by molar-refractivity contribution is 0.238. The lowest BCUT2D eigenvalue weighted by Crippen LogP contribution is -2.21. The van der Waals surface area contributed by atoms with Crippen LogP contribution in [0.15, 0.2) is 24.3 Å². The van der Waals surface area contributed by atoms with Crippen LogP contribution in [0.3, 0.4) is 0 Å². The van der Waals surface area contributed by atoms with Crippen molar-refractivity contribution in [3.8, 4) is 5.75 Å². The van der Waals surface area contributed by atoms with Gasteiger partial charge in [-0.15, -0.1) is 0 Å². The summed E-state index contributed by atoms with van der Waals surface area (Å²) in [6.07, 6.45) is 1.44. The van der Waals surface area contributed by atoms with Crippen molar-refractivity contribution < 1.29 is 4.74 Å². The fraction of sp³-hybridized carbons (Fsp3) is 0.625. The predicted molar refractivity (Wildman–Crippen MR) is 86.2 cm³/mol. The van der Waals surface area contributed by atoms with Crippen molar-refractivity contribution in [1.29, 1.82) is 0 Å². The van der Waals surface area contributed by atoms with Gasteiger partial charge in [0.2, 0.25) is 0 Å². The summed E-state index contributed by atoms with van der Waals surface area (Å²) >= 11 is 2.00. The first kappa shape index (κ1) is 16.4. The molecule has 0 radical (unpaired) electrons. The lowest BCUT2D eigenvalue weighted by atomic mass is 10.1. The zero-order valence-corrected chi connectivity index (χ0v) is 13.4. The first-order chi connectivity index (χ1) is 9.15. The molecule has 1 aromatic rings. The molecule has 0 saturated carbocycles. The minimum Gasteiger partial charge on any atom is -0.491 e. The highest BCUT2D eigenvalue weighted by Gasteiger charge is 2.11. The molecule has 0 saturated heterocycles. The Kier molecular flexibility index (Phi) is 7.99.